The topological polar surface area (TPSA) is 60.4 Å². The summed E-state index contributed by atoms with van der Waals surface area (Å²) in [4.78, 5) is 0. The number of benzene rings is 1. The maximum absolute atomic E-state index is 5.88. The van der Waals surface area contributed by atoms with E-state index in [0.717, 1.165) is 30.0 Å². The molecule has 2 rings (SSSR count). The first-order valence-electron chi connectivity index (χ1n) is 6.99. The van der Waals surface area contributed by atoms with Crippen LogP contribution in [-0.4, -0.2) is 12.6 Å². The molecule has 0 amide bonds. The molecule has 20 heavy (non-hydrogen) atoms. The lowest BCUT2D eigenvalue weighted by Gasteiger charge is -2.16. The number of nitrogen functional groups attached to an aromatic ring is 1. The van der Waals surface area contributed by atoms with Crippen LogP contribution in [0.1, 0.15) is 26.0 Å². The number of anilines is 2. The highest BCUT2D eigenvalue weighted by molar-refractivity contribution is 5.59. The summed E-state index contributed by atoms with van der Waals surface area (Å²) in [5.41, 5.74) is 7.57. The van der Waals surface area contributed by atoms with Gasteiger partial charge in [-0.3, -0.25) is 0 Å². The van der Waals surface area contributed by atoms with Crippen LogP contribution in [0.25, 0.3) is 0 Å². The van der Waals surface area contributed by atoms with Gasteiger partial charge in [0.15, 0.2) is 0 Å². The summed E-state index contributed by atoms with van der Waals surface area (Å²) in [6, 6.07) is 9.98. The summed E-state index contributed by atoms with van der Waals surface area (Å²) in [5.74, 6) is 1.81. The van der Waals surface area contributed by atoms with Crippen LogP contribution >= 0.6 is 0 Å². The van der Waals surface area contributed by atoms with E-state index in [9.17, 15) is 0 Å². The molecule has 4 nitrogen and oxygen atoms in total. The van der Waals surface area contributed by atoms with Crippen LogP contribution in [0.15, 0.2) is 41.0 Å². The van der Waals surface area contributed by atoms with Crippen molar-refractivity contribution in [3.05, 3.63) is 42.4 Å². The van der Waals surface area contributed by atoms with E-state index in [0.29, 0.717) is 18.3 Å². The van der Waals surface area contributed by atoms with Crippen LogP contribution in [0.2, 0.25) is 0 Å². The zero-order valence-electron chi connectivity index (χ0n) is 12.1. The Morgan fingerprint density at radius 2 is 2.20 bits per heavy atom. The predicted molar refractivity (Wildman–Crippen MR) is 82.1 cm³/mol. The number of aryl methyl sites for hydroxylation is 1. The molecule has 0 radical (unpaired) electrons. The Morgan fingerprint density at radius 1 is 1.35 bits per heavy atom. The zero-order valence-corrected chi connectivity index (χ0v) is 12.1. The van der Waals surface area contributed by atoms with Crippen LogP contribution in [0.3, 0.4) is 0 Å². The van der Waals surface area contributed by atoms with Crippen LogP contribution in [0.5, 0.6) is 5.75 Å². The first kappa shape index (κ1) is 14.3. The molecule has 0 fully saturated rings. The van der Waals surface area contributed by atoms with Crippen molar-refractivity contribution >= 4 is 11.4 Å². The molecule has 1 heterocycles. The molecule has 2 aromatic rings. The molecule has 1 atom stereocenters. The normalized spacial score (nSPS) is 12.1. The predicted octanol–water partition coefficient (Wildman–Crippen LogP) is 3.69. The van der Waals surface area contributed by atoms with Gasteiger partial charge in [0.1, 0.15) is 11.5 Å². The fraction of sp³-hybridized carbons (Fsp3) is 0.375. The second kappa shape index (κ2) is 6.89. The molecule has 3 N–H and O–H groups in total. The number of hydrogen-bond donors (Lipinski definition) is 2. The largest absolute Gasteiger partial charge is 0.494 e. The van der Waals surface area contributed by atoms with Gasteiger partial charge in [-0.05, 0) is 38.5 Å². The van der Waals surface area contributed by atoms with E-state index >= 15 is 0 Å². The third-order valence-electron chi connectivity index (χ3n) is 3.06. The molecule has 0 bridgehead atoms. The average molecular weight is 274 g/mol. The molecule has 0 spiro atoms. The van der Waals surface area contributed by atoms with Crippen LogP contribution in [0.4, 0.5) is 11.4 Å². The van der Waals surface area contributed by atoms with Gasteiger partial charge in [0.25, 0.3) is 0 Å². The second-order valence-corrected chi connectivity index (χ2v) is 4.89. The lowest BCUT2D eigenvalue weighted by atomic mass is 10.1. The fourth-order valence-electron chi connectivity index (χ4n) is 2.13. The minimum absolute atomic E-state index is 0.330. The number of ether oxygens (including phenoxy) is 1. The summed E-state index contributed by atoms with van der Waals surface area (Å²) in [6.45, 7) is 4.74. The van der Waals surface area contributed by atoms with Crippen LogP contribution in [-0.2, 0) is 6.42 Å². The Hall–Kier alpha value is -2.10. The summed E-state index contributed by atoms with van der Waals surface area (Å²) in [6.07, 6.45) is 3.62. The molecule has 1 unspecified atom stereocenters. The summed E-state index contributed by atoms with van der Waals surface area (Å²) in [7, 11) is 0. The molecule has 1 aromatic heterocycles. The average Bonchev–Trinajstić information content (AvgIpc) is 2.89. The quantitative estimate of drug-likeness (QED) is 0.756. The summed E-state index contributed by atoms with van der Waals surface area (Å²) >= 11 is 0. The Labute approximate surface area is 119 Å². The van der Waals surface area contributed by atoms with Crippen molar-refractivity contribution in [1.82, 2.24) is 0 Å². The number of nitrogens with two attached hydrogens (primary N) is 1. The molecule has 0 aliphatic rings. The molecular weight excluding hydrogens is 252 g/mol. The maximum atomic E-state index is 5.88. The van der Waals surface area contributed by atoms with Gasteiger partial charge in [0, 0.05) is 36.0 Å². The third kappa shape index (κ3) is 4.23. The third-order valence-corrected chi connectivity index (χ3v) is 3.06. The van der Waals surface area contributed by atoms with Gasteiger partial charge in [0.2, 0.25) is 0 Å². The Bertz CT molecular complexity index is 523. The van der Waals surface area contributed by atoms with Gasteiger partial charge in [-0.15, -0.1) is 0 Å². The van der Waals surface area contributed by atoms with Crippen molar-refractivity contribution in [2.45, 2.75) is 32.7 Å². The van der Waals surface area contributed by atoms with Crippen molar-refractivity contribution < 1.29 is 9.15 Å². The minimum Gasteiger partial charge on any atom is -0.494 e. The van der Waals surface area contributed by atoms with Crippen LogP contribution in [0, 0.1) is 0 Å². The highest BCUT2D eigenvalue weighted by Gasteiger charge is 2.06. The summed E-state index contributed by atoms with van der Waals surface area (Å²) in [5, 5.41) is 3.44. The highest BCUT2D eigenvalue weighted by Crippen LogP contribution is 2.23. The van der Waals surface area contributed by atoms with Gasteiger partial charge in [-0.25, -0.2) is 0 Å². The van der Waals surface area contributed by atoms with Crippen molar-refractivity contribution in [1.29, 1.82) is 0 Å². The number of hydrogen-bond acceptors (Lipinski definition) is 4. The van der Waals surface area contributed by atoms with Crippen LogP contribution < -0.4 is 15.8 Å². The Balaban J connectivity index is 1.91. The molecular formula is C16H22N2O2. The van der Waals surface area contributed by atoms with E-state index in [-0.39, 0.29) is 0 Å². The van der Waals surface area contributed by atoms with E-state index in [1.165, 1.54) is 0 Å². The van der Waals surface area contributed by atoms with Gasteiger partial charge in [-0.1, -0.05) is 0 Å². The standard InChI is InChI=1S/C16H22N2O2/c1-3-19-16-10-13(17)9-14(11-16)18-12(2)6-7-15-5-4-8-20-15/h4-5,8-12,18H,3,6-7,17H2,1-2H3. The molecule has 0 saturated carbocycles. The SMILES string of the molecule is CCOc1cc(N)cc(NC(C)CCc2ccco2)c1. The summed E-state index contributed by atoms with van der Waals surface area (Å²) < 4.78 is 10.8. The zero-order chi connectivity index (χ0) is 14.4. The monoisotopic (exact) mass is 274 g/mol. The lowest BCUT2D eigenvalue weighted by molar-refractivity contribution is 0.340. The van der Waals surface area contributed by atoms with E-state index in [1.54, 1.807) is 6.26 Å². The molecule has 0 saturated heterocycles. The number of nitrogens with one attached hydrogen (secondary N) is 1. The van der Waals surface area contributed by atoms with E-state index in [4.69, 9.17) is 14.9 Å². The molecule has 1 aromatic carbocycles. The first-order chi connectivity index (χ1) is 9.67. The number of furan rings is 1. The minimum atomic E-state index is 0.330. The van der Waals surface area contributed by atoms with Gasteiger partial charge < -0.3 is 20.2 Å². The smallest absolute Gasteiger partial charge is 0.123 e. The van der Waals surface area contributed by atoms with E-state index in [2.05, 4.69) is 12.2 Å². The molecule has 0 aliphatic carbocycles. The van der Waals surface area contributed by atoms with E-state index in [1.807, 2.05) is 37.3 Å². The molecule has 4 heteroatoms. The van der Waals surface area contributed by atoms with Crippen molar-refractivity contribution in [3.63, 3.8) is 0 Å². The van der Waals surface area contributed by atoms with Crippen molar-refractivity contribution in [3.8, 4) is 5.75 Å². The Kier molecular flexibility index (Phi) is 4.93. The van der Waals surface area contributed by atoms with E-state index < -0.39 is 0 Å². The molecule has 0 aliphatic heterocycles. The Morgan fingerprint density at radius 3 is 2.90 bits per heavy atom. The lowest BCUT2D eigenvalue weighted by Crippen LogP contribution is -2.16. The van der Waals surface area contributed by atoms with Crippen molar-refractivity contribution in [2.75, 3.05) is 17.7 Å². The maximum Gasteiger partial charge on any atom is 0.123 e. The fourth-order valence-corrected chi connectivity index (χ4v) is 2.13. The van der Waals surface area contributed by atoms with Gasteiger partial charge >= 0.3 is 0 Å². The molecule has 108 valence electrons. The highest BCUT2D eigenvalue weighted by atomic mass is 16.5. The number of rotatable bonds is 7. The first-order valence-corrected chi connectivity index (χ1v) is 6.99. The van der Waals surface area contributed by atoms with Crippen molar-refractivity contribution in [2.24, 2.45) is 0 Å². The van der Waals surface area contributed by atoms with Gasteiger partial charge in [0.05, 0.1) is 12.9 Å². The second-order valence-electron chi connectivity index (χ2n) is 4.89. The van der Waals surface area contributed by atoms with Gasteiger partial charge in [-0.2, -0.15) is 0 Å².